The number of aryl methyl sites for hydroxylation is 1. The summed E-state index contributed by atoms with van der Waals surface area (Å²) in [4.78, 5) is 6.53. The molecule has 1 spiro atoms. The molecule has 21 heavy (non-hydrogen) atoms. The fourth-order valence-corrected chi connectivity index (χ4v) is 3.76. The molecule has 2 aliphatic heterocycles. The van der Waals surface area contributed by atoms with Gasteiger partial charge in [-0.2, -0.15) is 0 Å². The second-order valence-electron chi connectivity index (χ2n) is 6.60. The highest BCUT2D eigenvalue weighted by Gasteiger charge is 2.39. The Bertz CT molecular complexity index is 512. The molecular weight excluding hydrogens is 266 g/mol. The highest BCUT2D eigenvalue weighted by atomic mass is 16.3. The second kappa shape index (κ2) is 5.91. The van der Waals surface area contributed by atoms with Gasteiger partial charge in [0.25, 0.3) is 0 Å². The predicted molar refractivity (Wildman–Crippen MR) is 81.0 cm³/mol. The molecule has 0 bridgehead atoms. The van der Waals surface area contributed by atoms with Gasteiger partial charge in [-0.3, -0.25) is 9.88 Å². The fraction of sp³-hybridized carbons (Fsp3) is 0.688. The number of nitrogens with one attached hydrogen (secondary N) is 1. The number of aromatic hydroxyl groups is 1. The van der Waals surface area contributed by atoms with E-state index in [1.54, 1.807) is 13.1 Å². The molecule has 0 aromatic carbocycles. The maximum atomic E-state index is 10.3. The summed E-state index contributed by atoms with van der Waals surface area (Å²) in [6.45, 7) is 6.82. The van der Waals surface area contributed by atoms with Crippen molar-refractivity contribution < 1.29 is 10.2 Å². The van der Waals surface area contributed by atoms with E-state index >= 15 is 0 Å². The van der Waals surface area contributed by atoms with E-state index in [1.165, 1.54) is 19.3 Å². The Morgan fingerprint density at radius 1 is 1.43 bits per heavy atom. The van der Waals surface area contributed by atoms with Crippen molar-refractivity contribution in [3.63, 3.8) is 0 Å². The molecule has 1 atom stereocenters. The molecule has 0 saturated carbocycles. The second-order valence-corrected chi connectivity index (χ2v) is 6.60. The molecular formula is C16H25N3O2. The van der Waals surface area contributed by atoms with E-state index in [2.05, 4.69) is 15.2 Å². The lowest BCUT2D eigenvalue weighted by Gasteiger charge is -2.34. The van der Waals surface area contributed by atoms with Crippen molar-refractivity contribution in [1.29, 1.82) is 0 Å². The Kier molecular flexibility index (Phi) is 4.15. The van der Waals surface area contributed by atoms with Gasteiger partial charge in [-0.25, -0.2) is 0 Å². The van der Waals surface area contributed by atoms with Gasteiger partial charge in [0.1, 0.15) is 5.75 Å². The number of nitrogens with zero attached hydrogens (tertiary/aromatic N) is 2. The summed E-state index contributed by atoms with van der Waals surface area (Å²) in [5, 5.41) is 23.2. The zero-order chi connectivity index (χ0) is 14.9. The molecule has 0 unspecified atom stereocenters. The largest absolute Gasteiger partial charge is 0.506 e. The molecule has 3 heterocycles. The molecule has 5 nitrogen and oxygen atoms in total. The first-order chi connectivity index (χ1) is 10.1. The zero-order valence-corrected chi connectivity index (χ0v) is 12.7. The Balaban J connectivity index is 1.74. The summed E-state index contributed by atoms with van der Waals surface area (Å²) in [5.74, 6) is 0.240. The van der Waals surface area contributed by atoms with Gasteiger partial charge in [-0.05, 0) is 44.7 Å². The molecule has 2 fully saturated rings. The van der Waals surface area contributed by atoms with Crippen LogP contribution < -0.4 is 5.32 Å². The van der Waals surface area contributed by atoms with Crippen LogP contribution in [0.5, 0.6) is 5.75 Å². The summed E-state index contributed by atoms with van der Waals surface area (Å²) < 4.78 is 0. The molecule has 116 valence electrons. The Morgan fingerprint density at radius 3 is 3.00 bits per heavy atom. The Hall–Kier alpha value is -1.17. The summed E-state index contributed by atoms with van der Waals surface area (Å²) >= 11 is 0. The molecule has 3 N–H and O–H groups in total. The number of aliphatic hydroxyl groups is 1. The number of hydrogen-bond donors (Lipinski definition) is 3. The molecule has 1 aromatic heterocycles. The molecule has 2 aliphatic rings. The maximum Gasteiger partial charge on any atom is 0.141 e. The summed E-state index contributed by atoms with van der Waals surface area (Å²) in [6.07, 6.45) is 5.46. The number of aliphatic hydroxyl groups excluding tert-OH is 1. The third kappa shape index (κ3) is 2.91. The van der Waals surface area contributed by atoms with Gasteiger partial charge in [-0.15, -0.1) is 0 Å². The van der Waals surface area contributed by atoms with Crippen molar-refractivity contribution in [2.24, 2.45) is 5.41 Å². The van der Waals surface area contributed by atoms with Gasteiger partial charge in [0, 0.05) is 37.0 Å². The molecule has 1 aromatic rings. The average molecular weight is 291 g/mol. The monoisotopic (exact) mass is 291 g/mol. The normalized spacial score (nSPS) is 26.6. The van der Waals surface area contributed by atoms with E-state index < -0.39 is 0 Å². The first-order valence-electron chi connectivity index (χ1n) is 7.84. The van der Waals surface area contributed by atoms with E-state index in [4.69, 9.17) is 0 Å². The van der Waals surface area contributed by atoms with E-state index in [9.17, 15) is 10.2 Å². The van der Waals surface area contributed by atoms with Crippen molar-refractivity contribution >= 4 is 0 Å². The molecule has 3 rings (SSSR count). The summed E-state index contributed by atoms with van der Waals surface area (Å²) in [7, 11) is 0. The number of likely N-dealkylation sites (tertiary alicyclic amines) is 1. The van der Waals surface area contributed by atoms with Crippen LogP contribution in [0.25, 0.3) is 0 Å². The third-order valence-corrected chi connectivity index (χ3v) is 5.06. The van der Waals surface area contributed by atoms with Crippen LogP contribution >= 0.6 is 0 Å². The number of aromatic nitrogens is 1. The topological polar surface area (TPSA) is 68.6 Å². The zero-order valence-electron chi connectivity index (χ0n) is 12.7. The Labute approximate surface area is 126 Å². The van der Waals surface area contributed by atoms with Crippen molar-refractivity contribution in [1.82, 2.24) is 15.2 Å². The highest BCUT2D eigenvalue weighted by Crippen LogP contribution is 2.38. The van der Waals surface area contributed by atoms with Gasteiger partial charge in [0.15, 0.2) is 0 Å². The van der Waals surface area contributed by atoms with Gasteiger partial charge in [-0.1, -0.05) is 0 Å². The number of piperidine rings is 1. The molecule has 0 aliphatic carbocycles. The molecule has 2 saturated heterocycles. The van der Waals surface area contributed by atoms with Crippen molar-refractivity contribution in [2.45, 2.75) is 39.3 Å². The quantitative estimate of drug-likeness (QED) is 0.780. The van der Waals surface area contributed by atoms with Crippen molar-refractivity contribution in [2.75, 3.05) is 26.2 Å². The van der Waals surface area contributed by atoms with Crippen LogP contribution in [0.3, 0.4) is 0 Å². The van der Waals surface area contributed by atoms with Crippen LogP contribution in [-0.2, 0) is 13.2 Å². The third-order valence-electron chi connectivity index (χ3n) is 5.06. The predicted octanol–water partition coefficient (Wildman–Crippen LogP) is 1.16. The van der Waals surface area contributed by atoms with Crippen LogP contribution in [0, 0.1) is 12.3 Å². The van der Waals surface area contributed by atoms with E-state index in [0.29, 0.717) is 17.7 Å². The van der Waals surface area contributed by atoms with E-state index in [-0.39, 0.29) is 12.4 Å². The van der Waals surface area contributed by atoms with Crippen LogP contribution in [-0.4, -0.2) is 46.3 Å². The van der Waals surface area contributed by atoms with Crippen molar-refractivity contribution in [3.8, 4) is 5.75 Å². The lowest BCUT2D eigenvalue weighted by atomic mass is 9.80. The smallest absolute Gasteiger partial charge is 0.141 e. The van der Waals surface area contributed by atoms with Gasteiger partial charge in [0.05, 0.1) is 12.3 Å². The Morgan fingerprint density at radius 2 is 2.29 bits per heavy atom. The highest BCUT2D eigenvalue weighted by molar-refractivity contribution is 5.40. The minimum atomic E-state index is -0.0727. The van der Waals surface area contributed by atoms with E-state index in [0.717, 1.165) is 37.3 Å². The van der Waals surface area contributed by atoms with Crippen molar-refractivity contribution in [3.05, 3.63) is 23.0 Å². The lowest BCUT2D eigenvalue weighted by Crippen LogP contribution is -2.41. The van der Waals surface area contributed by atoms with Crippen LogP contribution in [0.1, 0.15) is 36.1 Å². The number of rotatable bonds is 3. The SMILES string of the molecule is Cc1ncc(CO)c(CN2CC[C@@]3(CCCNC3)C2)c1O. The van der Waals surface area contributed by atoms with Crippen LogP contribution in [0.2, 0.25) is 0 Å². The first-order valence-corrected chi connectivity index (χ1v) is 7.84. The standard InChI is InChI=1S/C16H25N3O2/c1-12-15(21)14(13(9-20)7-18-12)8-19-6-4-16(11-19)3-2-5-17-10-16/h7,17,20-21H,2-6,8-11H2,1H3/t16-/m1/s1. The minimum absolute atomic E-state index is 0.0727. The van der Waals surface area contributed by atoms with Gasteiger partial charge < -0.3 is 15.5 Å². The first kappa shape index (κ1) is 14.8. The van der Waals surface area contributed by atoms with Crippen LogP contribution in [0.4, 0.5) is 0 Å². The van der Waals surface area contributed by atoms with Crippen LogP contribution in [0.15, 0.2) is 6.20 Å². The maximum absolute atomic E-state index is 10.3. The molecule has 5 heteroatoms. The van der Waals surface area contributed by atoms with E-state index in [1.807, 2.05) is 0 Å². The lowest BCUT2D eigenvalue weighted by molar-refractivity contribution is 0.197. The fourth-order valence-electron chi connectivity index (χ4n) is 3.76. The van der Waals surface area contributed by atoms with Gasteiger partial charge >= 0.3 is 0 Å². The average Bonchev–Trinajstić information content (AvgIpc) is 2.87. The minimum Gasteiger partial charge on any atom is -0.506 e. The van der Waals surface area contributed by atoms with Gasteiger partial charge in [0.2, 0.25) is 0 Å². The molecule has 0 radical (unpaired) electrons. The number of hydrogen-bond acceptors (Lipinski definition) is 5. The summed E-state index contributed by atoms with van der Waals surface area (Å²) in [6, 6.07) is 0. The number of pyridine rings is 1. The molecule has 0 amide bonds. The summed E-state index contributed by atoms with van der Waals surface area (Å²) in [5.41, 5.74) is 2.62.